The summed E-state index contributed by atoms with van der Waals surface area (Å²) in [6, 6.07) is 12.5. The van der Waals surface area contributed by atoms with Gasteiger partial charge in [0.15, 0.2) is 23.2 Å². The molecule has 2 aliphatic carbocycles. The Bertz CT molecular complexity index is 1430. The van der Waals surface area contributed by atoms with Crippen molar-refractivity contribution in [2.24, 2.45) is 17.8 Å². The molecule has 0 aromatic heterocycles. The Morgan fingerprint density at radius 3 is 1.90 bits per heavy atom. The molecule has 0 radical (unpaired) electrons. The van der Waals surface area contributed by atoms with Crippen LogP contribution in [0.15, 0.2) is 66.8 Å². The number of allylic oxidation sites excluding steroid dienone is 4. The molecule has 3 aromatic rings. The van der Waals surface area contributed by atoms with Gasteiger partial charge in [-0.2, -0.15) is 4.39 Å². The Morgan fingerprint density at radius 1 is 0.714 bits per heavy atom. The van der Waals surface area contributed by atoms with E-state index < -0.39 is 23.3 Å². The summed E-state index contributed by atoms with van der Waals surface area (Å²) in [7, 11) is 0. The summed E-state index contributed by atoms with van der Waals surface area (Å²) >= 11 is 0. The Kier molecular flexibility index (Phi) is 9.87. The summed E-state index contributed by atoms with van der Waals surface area (Å²) in [5.74, 6) is -1.71. The molecule has 0 aliphatic heterocycles. The number of benzene rings is 3. The minimum atomic E-state index is -1.05. The summed E-state index contributed by atoms with van der Waals surface area (Å²) < 4.78 is 64.8. The van der Waals surface area contributed by atoms with E-state index in [-0.39, 0.29) is 23.5 Å². The lowest BCUT2D eigenvalue weighted by Crippen LogP contribution is -2.23. The molecule has 0 heterocycles. The zero-order valence-corrected chi connectivity index (χ0v) is 24.6. The maximum Gasteiger partial charge on any atom is 0.201 e. The Morgan fingerprint density at radius 2 is 1.31 bits per heavy atom. The van der Waals surface area contributed by atoms with Crippen LogP contribution in [0, 0.1) is 41.0 Å². The van der Waals surface area contributed by atoms with Gasteiger partial charge in [0.2, 0.25) is 5.82 Å². The number of hydrogen-bond donors (Lipinski definition) is 0. The Hall–Kier alpha value is -3.34. The topological polar surface area (TPSA) is 9.23 Å². The van der Waals surface area contributed by atoms with E-state index in [1.54, 1.807) is 43.3 Å². The zero-order valence-electron chi connectivity index (χ0n) is 24.6. The first kappa shape index (κ1) is 30.1. The first-order valence-corrected chi connectivity index (χ1v) is 15.4. The van der Waals surface area contributed by atoms with Gasteiger partial charge in [0.25, 0.3) is 0 Å². The van der Waals surface area contributed by atoms with E-state index in [0.29, 0.717) is 22.6 Å². The number of hydrogen-bond acceptors (Lipinski definition) is 1. The van der Waals surface area contributed by atoms with Crippen molar-refractivity contribution in [1.29, 1.82) is 0 Å². The molecule has 0 spiro atoms. The average molecular weight is 577 g/mol. The molecule has 1 atom stereocenters. The van der Waals surface area contributed by atoms with Gasteiger partial charge in [0, 0.05) is 16.7 Å². The van der Waals surface area contributed by atoms with Gasteiger partial charge in [0.1, 0.15) is 0 Å². The van der Waals surface area contributed by atoms with E-state index >= 15 is 8.78 Å². The monoisotopic (exact) mass is 576 g/mol. The molecule has 5 heteroatoms. The Labute approximate surface area is 247 Å². The van der Waals surface area contributed by atoms with Crippen LogP contribution in [0.4, 0.5) is 17.6 Å². The second-order valence-corrected chi connectivity index (χ2v) is 11.7. The van der Waals surface area contributed by atoms with Crippen molar-refractivity contribution in [2.75, 3.05) is 6.61 Å². The molecule has 2 aliphatic rings. The first-order valence-electron chi connectivity index (χ1n) is 15.4. The van der Waals surface area contributed by atoms with Gasteiger partial charge in [-0.05, 0) is 105 Å². The summed E-state index contributed by atoms with van der Waals surface area (Å²) in [6.45, 7) is 4.00. The van der Waals surface area contributed by atoms with E-state index in [1.165, 1.54) is 50.7 Å². The maximum atomic E-state index is 15.4. The molecule has 42 heavy (non-hydrogen) atoms. The second kappa shape index (κ2) is 13.8. The van der Waals surface area contributed by atoms with Crippen LogP contribution < -0.4 is 4.74 Å². The SMILES string of the molecule is C/C=C/CCC1CCC(C2CC=C(c3ccc(-c4ccc(-c5ccc(OCC)c(F)c5F)cc4)c(F)c3F)CC2)CC1. The summed E-state index contributed by atoms with van der Waals surface area (Å²) in [6.07, 6.45) is 16.9. The zero-order chi connectivity index (χ0) is 29.6. The molecule has 1 nitrogen and oxygen atoms in total. The molecule has 0 bridgehead atoms. The summed E-state index contributed by atoms with van der Waals surface area (Å²) in [5.41, 5.74) is 2.34. The van der Waals surface area contributed by atoms with Gasteiger partial charge in [-0.1, -0.05) is 67.5 Å². The normalized spacial score (nSPS) is 21.0. The fraction of sp³-hybridized carbons (Fsp3) is 0.405. The molecular weight excluding hydrogens is 536 g/mol. The highest BCUT2D eigenvalue weighted by molar-refractivity contribution is 5.74. The van der Waals surface area contributed by atoms with Crippen molar-refractivity contribution < 1.29 is 22.3 Å². The molecule has 1 fully saturated rings. The van der Waals surface area contributed by atoms with Crippen LogP contribution in [-0.4, -0.2) is 6.61 Å². The van der Waals surface area contributed by atoms with Crippen molar-refractivity contribution in [3.63, 3.8) is 0 Å². The molecule has 5 rings (SSSR count). The van der Waals surface area contributed by atoms with Crippen LogP contribution in [0.5, 0.6) is 5.75 Å². The van der Waals surface area contributed by atoms with Crippen molar-refractivity contribution in [3.8, 4) is 28.0 Å². The van der Waals surface area contributed by atoms with E-state index in [2.05, 4.69) is 25.2 Å². The lowest BCUT2D eigenvalue weighted by atomic mass is 9.70. The third-order valence-electron chi connectivity index (χ3n) is 9.27. The van der Waals surface area contributed by atoms with Crippen molar-refractivity contribution in [2.45, 2.75) is 71.6 Å². The Balaban J connectivity index is 1.25. The third kappa shape index (κ3) is 6.50. The third-order valence-corrected chi connectivity index (χ3v) is 9.27. The molecule has 0 N–H and O–H groups in total. The van der Waals surface area contributed by atoms with Gasteiger partial charge in [0.05, 0.1) is 6.61 Å². The predicted molar refractivity (Wildman–Crippen MR) is 163 cm³/mol. The fourth-order valence-electron chi connectivity index (χ4n) is 6.85. The minimum Gasteiger partial charge on any atom is -0.491 e. The van der Waals surface area contributed by atoms with Crippen molar-refractivity contribution in [1.82, 2.24) is 0 Å². The molecule has 3 aromatic carbocycles. The van der Waals surface area contributed by atoms with Crippen LogP contribution in [0.3, 0.4) is 0 Å². The molecule has 0 saturated heterocycles. The standard InChI is InChI=1S/C37H40F4O/c1-3-5-6-7-24-8-10-25(11-9-24)26-12-14-27(15-13-26)30-20-21-31(35(39)34(30)38)28-16-18-29(19-17-28)32-22-23-33(42-4-2)37(41)36(32)40/h3,5,14,16-26H,4,6-13,15H2,1-2H3/b5-3+. The smallest absolute Gasteiger partial charge is 0.201 e. The van der Waals surface area contributed by atoms with E-state index in [4.69, 9.17) is 4.74 Å². The molecule has 222 valence electrons. The number of halogens is 4. The highest BCUT2D eigenvalue weighted by Crippen LogP contribution is 2.43. The van der Waals surface area contributed by atoms with E-state index in [0.717, 1.165) is 36.7 Å². The van der Waals surface area contributed by atoms with Crippen molar-refractivity contribution >= 4 is 5.57 Å². The highest BCUT2D eigenvalue weighted by Gasteiger charge is 2.29. The molecule has 1 unspecified atom stereocenters. The second-order valence-electron chi connectivity index (χ2n) is 11.7. The van der Waals surface area contributed by atoms with Gasteiger partial charge in [-0.15, -0.1) is 0 Å². The summed E-state index contributed by atoms with van der Waals surface area (Å²) in [5, 5.41) is 0. The first-order chi connectivity index (χ1) is 20.4. The van der Waals surface area contributed by atoms with Gasteiger partial charge in [-0.3, -0.25) is 0 Å². The predicted octanol–water partition coefficient (Wildman–Crippen LogP) is 11.3. The molecule has 1 saturated carbocycles. The van der Waals surface area contributed by atoms with Crippen LogP contribution in [0.2, 0.25) is 0 Å². The average Bonchev–Trinajstić information content (AvgIpc) is 3.02. The van der Waals surface area contributed by atoms with E-state index in [1.807, 2.05) is 0 Å². The minimum absolute atomic E-state index is 0.0736. The van der Waals surface area contributed by atoms with E-state index in [9.17, 15) is 8.78 Å². The highest BCUT2D eigenvalue weighted by atomic mass is 19.2. The van der Waals surface area contributed by atoms with Gasteiger partial charge >= 0.3 is 0 Å². The lowest BCUT2D eigenvalue weighted by Gasteiger charge is -2.35. The largest absolute Gasteiger partial charge is 0.491 e. The maximum absolute atomic E-state index is 15.4. The van der Waals surface area contributed by atoms with Gasteiger partial charge in [-0.25, -0.2) is 13.2 Å². The van der Waals surface area contributed by atoms with Crippen LogP contribution in [0.1, 0.15) is 77.2 Å². The lowest BCUT2D eigenvalue weighted by molar-refractivity contribution is 0.190. The molecular formula is C37H40F4O. The fourth-order valence-corrected chi connectivity index (χ4v) is 6.85. The summed E-state index contributed by atoms with van der Waals surface area (Å²) in [4.78, 5) is 0. The van der Waals surface area contributed by atoms with Crippen molar-refractivity contribution in [3.05, 3.63) is 95.6 Å². The van der Waals surface area contributed by atoms with Crippen LogP contribution >= 0.6 is 0 Å². The quantitative estimate of drug-likeness (QED) is 0.182. The molecule has 0 amide bonds. The van der Waals surface area contributed by atoms with Crippen LogP contribution in [0.25, 0.3) is 27.8 Å². The number of rotatable bonds is 9. The van der Waals surface area contributed by atoms with Crippen LogP contribution in [-0.2, 0) is 0 Å². The number of ether oxygens (including phenoxy) is 1. The van der Waals surface area contributed by atoms with Gasteiger partial charge < -0.3 is 4.74 Å².